The number of benzene rings is 1. The van der Waals surface area contributed by atoms with Crippen LogP contribution in [0, 0.1) is 5.92 Å². The number of aliphatic carboxylic acids is 1. The van der Waals surface area contributed by atoms with Crippen molar-refractivity contribution >= 4 is 29.4 Å². The van der Waals surface area contributed by atoms with Gasteiger partial charge in [0.2, 0.25) is 0 Å². The number of aliphatic imine (C=N–C) groups is 1. The number of hydrogen-bond donors (Lipinski definition) is 1. The third kappa shape index (κ3) is 7.97. The van der Waals surface area contributed by atoms with Gasteiger partial charge in [0.25, 0.3) is 0 Å². The summed E-state index contributed by atoms with van der Waals surface area (Å²) >= 11 is 6.51. The normalized spacial score (nSPS) is 15.8. The number of rotatable bonds is 14. The van der Waals surface area contributed by atoms with Crippen LogP contribution >= 0.6 is 11.6 Å². The van der Waals surface area contributed by atoms with Crippen LogP contribution in [-0.4, -0.2) is 35.6 Å². The molecule has 1 unspecified atom stereocenters. The minimum absolute atomic E-state index is 0.170. The lowest BCUT2D eigenvalue weighted by molar-refractivity contribution is -0.141. The topological polar surface area (TPSA) is 62.1 Å². The van der Waals surface area contributed by atoms with Gasteiger partial charge < -0.3 is 5.11 Å². The van der Waals surface area contributed by atoms with Gasteiger partial charge in [0.1, 0.15) is 6.67 Å². The maximum atomic E-state index is 11.8. The summed E-state index contributed by atoms with van der Waals surface area (Å²) in [6.45, 7) is 7.35. The average molecular weight is 449 g/mol. The molecular formula is C25H37ClN2O3. The summed E-state index contributed by atoms with van der Waals surface area (Å²) < 4.78 is 0. The molecule has 5 nitrogen and oxygen atoms in total. The predicted molar refractivity (Wildman–Crippen MR) is 128 cm³/mol. The largest absolute Gasteiger partial charge is 0.480 e. The summed E-state index contributed by atoms with van der Waals surface area (Å²) in [5, 5.41) is 11.4. The SMILES string of the molecule is CCCCCCCCCON1C=C(c2ccc(C(Cl)(CC(C)C)C(=O)O)cc2)C=NC1. The van der Waals surface area contributed by atoms with Crippen LogP contribution in [0.25, 0.3) is 5.57 Å². The molecule has 0 aliphatic carbocycles. The van der Waals surface area contributed by atoms with Crippen molar-refractivity contribution < 1.29 is 14.7 Å². The zero-order chi connectivity index (χ0) is 22.7. The number of carboxylic acids is 1. The summed E-state index contributed by atoms with van der Waals surface area (Å²) in [6.07, 6.45) is 12.9. The minimum atomic E-state index is -1.41. The first kappa shape index (κ1) is 25.4. The van der Waals surface area contributed by atoms with Gasteiger partial charge in [-0.25, -0.2) is 9.86 Å². The van der Waals surface area contributed by atoms with Crippen LogP contribution < -0.4 is 0 Å². The van der Waals surface area contributed by atoms with E-state index in [-0.39, 0.29) is 5.92 Å². The molecule has 1 aliphatic rings. The van der Waals surface area contributed by atoms with E-state index in [0.717, 1.165) is 17.6 Å². The van der Waals surface area contributed by atoms with Gasteiger partial charge >= 0.3 is 5.97 Å². The van der Waals surface area contributed by atoms with Gasteiger partial charge in [-0.2, -0.15) is 0 Å². The van der Waals surface area contributed by atoms with Crippen LogP contribution in [0.2, 0.25) is 0 Å². The molecule has 1 N–H and O–H groups in total. The van der Waals surface area contributed by atoms with Crippen molar-refractivity contribution in [2.75, 3.05) is 13.3 Å². The molecule has 1 aromatic carbocycles. The van der Waals surface area contributed by atoms with Crippen LogP contribution in [0.5, 0.6) is 0 Å². The maximum Gasteiger partial charge on any atom is 0.329 e. The van der Waals surface area contributed by atoms with Crippen LogP contribution in [-0.2, 0) is 14.5 Å². The fourth-order valence-electron chi connectivity index (χ4n) is 3.74. The second-order valence-electron chi connectivity index (χ2n) is 8.69. The van der Waals surface area contributed by atoms with Crippen LogP contribution in [0.4, 0.5) is 0 Å². The van der Waals surface area contributed by atoms with E-state index in [1.807, 2.05) is 38.4 Å². The molecule has 172 valence electrons. The highest BCUT2D eigenvalue weighted by Gasteiger charge is 2.38. The molecule has 1 aromatic rings. The standard InChI is InChI=1S/C25H37ClN2O3/c1-4-5-6-7-8-9-10-15-31-28-18-22(17-27-19-28)21-11-13-23(14-12-21)25(26,24(29)30)16-20(2)3/h11-14,17-18,20H,4-10,15-16,19H2,1-3H3,(H,29,30). The first-order valence-electron chi connectivity index (χ1n) is 11.5. The monoisotopic (exact) mass is 448 g/mol. The second kappa shape index (κ2) is 12.9. The fraction of sp³-hybridized carbons (Fsp3) is 0.600. The summed E-state index contributed by atoms with van der Waals surface area (Å²) in [6, 6.07) is 7.39. The van der Waals surface area contributed by atoms with Crippen molar-refractivity contribution in [3.63, 3.8) is 0 Å². The summed E-state index contributed by atoms with van der Waals surface area (Å²) in [5.74, 6) is -0.845. The van der Waals surface area contributed by atoms with Crippen molar-refractivity contribution in [3.05, 3.63) is 41.6 Å². The number of alkyl halides is 1. The van der Waals surface area contributed by atoms with Crippen molar-refractivity contribution in [2.45, 2.75) is 77.0 Å². The first-order chi connectivity index (χ1) is 14.9. The summed E-state index contributed by atoms with van der Waals surface area (Å²) in [7, 11) is 0. The Hall–Kier alpha value is -1.85. The quantitative estimate of drug-likeness (QED) is 0.256. The highest BCUT2D eigenvalue weighted by molar-refractivity contribution is 6.33. The van der Waals surface area contributed by atoms with Gasteiger partial charge in [-0.1, -0.05) is 83.6 Å². The average Bonchev–Trinajstić information content (AvgIpc) is 2.75. The first-order valence-corrected chi connectivity index (χ1v) is 11.9. The van der Waals surface area contributed by atoms with E-state index in [2.05, 4.69) is 11.9 Å². The zero-order valence-electron chi connectivity index (χ0n) is 19.1. The van der Waals surface area contributed by atoms with Crippen molar-refractivity contribution in [1.82, 2.24) is 5.06 Å². The predicted octanol–water partition coefficient (Wildman–Crippen LogP) is 6.62. The number of hydrogen-bond acceptors (Lipinski definition) is 4. The minimum Gasteiger partial charge on any atom is -0.480 e. The molecule has 0 saturated carbocycles. The Balaban J connectivity index is 1.91. The molecule has 1 atom stereocenters. The number of carboxylic acid groups (broad SMARTS) is 1. The van der Waals surface area contributed by atoms with E-state index in [0.29, 0.717) is 25.3 Å². The van der Waals surface area contributed by atoms with E-state index in [1.54, 1.807) is 17.2 Å². The Morgan fingerprint density at radius 1 is 1.16 bits per heavy atom. The highest BCUT2D eigenvalue weighted by Crippen LogP contribution is 2.36. The van der Waals surface area contributed by atoms with E-state index in [1.165, 1.54) is 38.5 Å². The molecule has 1 heterocycles. The van der Waals surface area contributed by atoms with Gasteiger partial charge in [0.05, 0.1) is 6.61 Å². The summed E-state index contributed by atoms with van der Waals surface area (Å²) in [4.78, 5) is 20.7. The lowest BCUT2D eigenvalue weighted by atomic mass is 9.88. The third-order valence-corrected chi connectivity index (χ3v) is 5.98. The Labute approximate surface area is 192 Å². The number of allylic oxidation sites excluding steroid dienone is 1. The molecule has 0 saturated heterocycles. The maximum absolute atomic E-state index is 11.8. The molecule has 0 fully saturated rings. The van der Waals surface area contributed by atoms with Crippen molar-refractivity contribution in [1.29, 1.82) is 0 Å². The Bertz CT molecular complexity index is 746. The number of carbonyl (C=O) groups is 1. The summed E-state index contributed by atoms with van der Waals surface area (Å²) in [5.41, 5.74) is 2.47. The number of halogens is 1. The smallest absolute Gasteiger partial charge is 0.329 e. The molecule has 2 rings (SSSR count). The van der Waals surface area contributed by atoms with E-state index in [9.17, 15) is 9.90 Å². The molecule has 0 spiro atoms. The third-order valence-electron chi connectivity index (χ3n) is 5.44. The van der Waals surface area contributed by atoms with Crippen LogP contribution in [0.1, 0.15) is 83.3 Å². The molecule has 1 aliphatic heterocycles. The lowest BCUT2D eigenvalue weighted by Gasteiger charge is -2.25. The molecule has 31 heavy (non-hydrogen) atoms. The second-order valence-corrected chi connectivity index (χ2v) is 9.34. The van der Waals surface area contributed by atoms with E-state index < -0.39 is 10.8 Å². The Morgan fingerprint density at radius 3 is 2.42 bits per heavy atom. The Kier molecular flexibility index (Phi) is 10.6. The van der Waals surface area contributed by atoms with Gasteiger partial charge in [-0.3, -0.25) is 9.83 Å². The van der Waals surface area contributed by atoms with Crippen LogP contribution in [0.15, 0.2) is 35.5 Å². The molecule has 0 radical (unpaired) electrons. The zero-order valence-corrected chi connectivity index (χ0v) is 19.9. The molecule has 0 aromatic heterocycles. The van der Waals surface area contributed by atoms with E-state index >= 15 is 0 Å². The highest BCUT2D eigenvalue weighted by atomic mass is 35.5. The van der Waals surface area contributed by atoms with Gasteiger partial charge in [0.15, 0.2) is 4.87 Å². The number of hydroxylamine groups is 2. The molecule has 0 bridgehead atoms. The Morgan fingerprint density at radius 2 is 1.81 bits per heavy atom. The lowest BCUT2D eigenvalue weighted by Crippen LogP contribution is -2.31. The van der Waals surface area contributed by atoms with Gasteiger partial charge in [-0.05, 0) is 29.9 Å². The van der Waals surface area contributed by atoms with Crippen molar-refractivity contribution in [2.24, 2.45) is 10.9 Å². The molecule has 6 heteroatoms. The molecule has 0 amide bonds. The van der Waals surface area contributed by atoms with Gasteiger partial charge in [0, 0.05) is 18.0 Å². The molecular weight excluding hydrogens is 412 g/mol. The fourth-order valence-corrected chi connectivity index (χ4v) is 4.17. The number of unbranched alkanes of at least 4 members (excludes halogenated alkanes) is 6. The number of nitrogens with zero attached hydrogens (tertiary/aromatic N) is 2. The van der Waals surface area contributed by atoms with E-state index in [4.69, 9.17) is 16.4 Å². The van der Waals surface area contributed by atoms with Gasteiger partial charge in [-0.15, -0.1) is 11.6 Å². The van der Waals surface area contributed by atoms with Crippen LogP contribution in [0.3, 0.4) is 0 Å². The van der Waals surface area contributed by atoms with Crippen molar-refractivity contribution in [3.8, 4) is 0 Å².